The molecule has 3 N–H and O–H groups in total. The van der Waals surface area contributed by atoms with Crippen molar-refractivity contribution < 1.29 is 28.6 Å². The van der Waals surface area contributed by atoms with Gasteiger partial charge in [-0.3, -0.25) is 0 Å². The zero-order valence-electron chi connectivity index (χ0n) is 12.6. The maximum atomic E-state index is 8.74. The smallest absolute Gasteiger partial charge is 0.396 e. The molecule has 0 fully saturated rings. The van der Waals surface area contributed by atoms with Crippen molar-refractivity contribution >= 4 is 8.80 Å². The average molecular weight is 310 g/mol. The Bertz CT molecular complexity index is 174. The van der Waals surface area contributed by atoms with Gasteiger partial charge in [0.25, 0.3) is 0 Å². The van der Waals surface area contributed by atoms with E-state index < -0.39 is 8.80 Å². The molecule has 0 saturated carbocycles. The quantitative estimate of drug-likeness (QED) is 0.308. The molecule has 0 amide bonds. The minimum Gasteiger partial charge on any atom is -0.396 e. The molecule has 0 aromatic rings. The molecule has 0 aromatic heterocycles. The van der Waals surface area contributed by atoms with Crippen LogP contribution in [0.25, 0.3) is 0 Å². The average Bonchev–Trinajstić information content (AvgIpc) is 2.45. The number of unbranched alkanes of at least 4 members (excludes halogenated alkanes) is 3. The fraction of sp³-hybridized carbons (Fsp3) is 1.00. The fourth-order valence-corrected chi connectivity index (χ4v) is 3.33. The maximum Gasteiger partial charge on any atom is 0.497 e. The Balaban J connectivity index is 3.98. The number of rotatable bonds is 15. The van der Waals surface area contributed by atoms with Crippen molar-refractivity contribution in [2.45, 2.75) is 45.1 Å². The molecule has 6 nitrogen and oxygen atoms in total. The summed E-state index contributed by atoms with van der Waals surface area (Å²) in [6, 6.07) is 0. The van der Waals surface area contributed by atoms with E-state index in [0.29, 0.717) is 39.1 Å². The van der Waals surface area contributed by atoms with E-state index in [2.05, 4.69) is 0 Å². The second-order valence-corrected chi connectivity index (χ2v) is 7.29. The highest BCUT2D eigenvalue weighted by Gasteiger charge is 2.34. The third-order valence-corrected chi connectivity index (χ3v) is 4.94. The Hall–Kier alpha value is -0.0231. The van der Waals surface area contributed by atoms with Gasteiger partial charge in [0.05, 0.1) is 0 Å². The van der Waals surface area contributed by atoms with Crippen LogP contribution in [0.1, 0.15) is 38.5 Å². The monoisotopic (exact) mass is 310 g/mol. The molecule has 0 aliphatic heterocycles. The molecule has 0 spiro atoms. The van der Waals surface area contributed by atoms with Gasteiger partial charge in [0.15, 0.2) is 0 Å². The molecule has 122 valence electrons. The standard InChI is InChI=1S/C13H30O6Si/c1-20(17-11-5-2-8-14,18-12-6-3-9-15)19-13-7-4-10-16/h14-16H,2-13H2,1H3. The molecule has 0 rings (SSSR count). The minimum atomic E-state index is -2.64. The van der Waals surface area contributed by atoms with Crippen LogP contribution < -0.4 is 0 Å². The van der Waals surface area contributed by atoms with Gasteiger partial charge in [-0.25, -0.2) is 0 Å². The van der Waals surface area contributed by atoms with Crippen molar-refractivity contribution in [1.82, 2.24) is 0 Å². The summed E-state index contributed by atoms with van der Waals surface area (Å²) in [5.74, 6) is 0. The summed E-state index contributed by atoms with van der Waals surface area (Å²) in [5.41, 5.74) is 0. The van der Waals surface area contributed by atoms with Crippen molar-refractivity contribution in [3.05, 3.63) is 0 Å². The second-order valence-electron chi connectivity index (χ2n) is 4.70. The predicted molar refractivity (Wildman–Crippen MR) is 78.4 cm³/mol. The first-order chi connectivity index (χ1) is 9.68. The first-order valence-electron chi connectivity index (χ1n) is 7.43. The van der Waals surface area contributed by atoms with Crippen LogP contribution in [0, 0.1) is 0 Å². The van der Waals surface area contributed by atoms with Gasteiger partial charge in [-0.2, -0.15) is 0 Å². The van der Waals surface area contributed by atoms with Gasteiger partial charge in [-0.1, -0.05) is 0 Å². The van der Waals surface area contributed by atoms with Crippen LogP contribution in [-0.4, -0.2) is 63.8 Å². The molecular formula is C13H30O6Si. The molecule has 20 heavy (non-hydrogen) atoms. The van der Waals surface area contributed by atoms with Gasteiger partial charge in [0, 0.05) is 46.2 Å². The Morgan fingerprint density at radius 2 is 0.900 bits per heavy atom. The van der Waals surface area contributed by atoms with Gasteiger partial charge >= 0.3 is 8.80 Å². The van der Waals surface area contributed by atoms with Crippen LogP contribution in [-0.2, 0) is 13.3 Å². The summed E-state index contributed by atoms with van der Waals surface area (Å²) in [6.07, 6.45) is 4.45. The predicted octanol–water partition coefficient (Wildman–Crippen LogP) is 0.922. The molecule has 0 heterocycles. The molecule has 0 aliphatic rings. The van der Waals surface area contributed by atoms with Crippen LogP contribution in [0.2, 0.25) is 6.55 Å². The molecule has 0 radical (unpaired) electrons. The minimum absolute atomic E-state index is 0.163. The zero-order valence-corrected chi connectivity index (χ0v) is 13.6. The van der Waals surface area contributed by atoms with Gasteiger partial charge in [-0.05, 0) is 38.5 Å². The van der Waals surface area contributed by atoms with Crippen molar-refractivity contribution in [1.29, 1.82) is 0 Å². The van der Waals surface area contributed by atoms with Crippen LogP contribution in [0.5, 0.6) is 0 Å². The summed E-state index contributed by atoms with van der Waals surface area (Å²) in [5, 5.41) is 26.2. The number of hydrogen-bond acceptors (Lipinski definition) is 6. The first-order valence-corrected chi connectivity index (χ1v) is 9.65. The van der Waals surface area contributed by atoms with E-state index in [0.717, 1.165) is 19.3 Å². The SMILES string of the molecule is C[Si](OCCCCO)(OCCCCO)OCCCCO. The lowest BCUT2D eigenvalue weighted by Gasteiger charge is -2.26. The Morgan fingerprint density at radius 1 is 0.600 bits per heavy atom. The lowest BCUT2D eigenvalue weighted by molar-refractivity contribution is 0.0589. The van der Waals surface area contributed by atoms with Crippen LogP contribution in [0.3, 0.4) is 0 Å². The topological polar surface area (TPSA) is 88.4 Å². The van der Waals surface area contributed by atoms with E-state index in [1.807, 2.05) is 6.55 Å². The Morgan fingerprint density at radius 3 is 1.15 bits per heavy atom. The molecule has 0 bridgehead atoms. The number of aliphatic hydroxyl groups is 3. The van der Waals surface area contributed by atoms with Gasteiger partial charge < -0.3 is 28.6 Å². The van der Waals surface area contributed by atoms with Crippen molar-refractivity contribution in [2.24, 2.45) is 0 Å². The molecule has 0 saturated heterocycles. The van der Waals surface area contributed by atoms with E-state index >= 15 is 0 Å². The summed E-state index contributed by atoms with van der Waals surface area (Å²) < 4.78 is 17.3. The maximum absolute atomic E-state index is 8.74. The fourth-order valence-electron chi connectivity index (χ4n) is 1.54. The summed E-state index contributed by atoms with van der Waals surface area (Å²) in [6.45, 7) is 3.91. The molecular weight excluding hydrogens is 280 g/mol. The van der Waals surface area contributed by atoms with Crippen LogP contribution in [0.4, 0.5) is 0 Å². The summed E-state index contributed by atoms with van der Waals surface area (Å²) >= 11 is 0. The highest BCUT2D eigenvalue weighted by atomic mass is 28.4. The molecule has 0 atom stereocenters. The van der Waals surface area contributed by atoms with Crippen molar-refractivity contribution in [3.63, 3.8) is 0 Å². The molecule has 0 unspecified atom stereocenters. The third kappa shape index (κ3) is 11.8. The van der Waals surface area contributed by atoms with Crippen molar-refractivity contribution in [2.75, 3.05) is 39.6 Å². The Kier molecular flexibility index (Phi) is 13.9. The highest BCUT2D eigenvalue weighted by molar-refractivity contribution is 6.59. The third-order valence-electron chi connectivity index (χ3n) is 2.75. The van der Waals surface area contributed by atoms with E-state index in [1.165, 1.54) is 0 Å². The highest BCUT2D eigenvalue weighted by Crippen LogP contribution is 2.12. The van der Waals surface area contributed by atoms with Crippen LogP contribution >= 0.6 is 0 Å². The van der Waals surface area contributed by atoms with E-state index in [1.54, 1.807) is 0 Å². The van der Waals surface area contributed by atoms with Crippen LogP contribution in [0.15, 0.2) is 0 Å². The molecule has 0 aromatic carbocycles. The zero-order chi connectivity index (χ0) is 15.1. The van der Waals surface area contributed by atoms with Gasteiger partial charge in [0.2, 0.25) is 0 Å². The molecule has 0 aliphatic carbocycles. The molecule has 7 heteroatoms. The summed E-state index contributed by atoms with van der Waals surface area (Å²) in [4.78, 5) is 0. The number of aliphatic hydroxyl groups excluding tert-OH is 3. The largest absolute Gasteiger partial charge is 0.497 e. The summed E-state index contributed by atoms with van der Waals surface area (Å²) in [7, 11) is -2.64. The van der Waals surface area contributed by atoms with Gasteiger partial charge in [-0.15, -0.1) is 0 Å². The van der Waals surface area contributed by atoms with Crippen molar-refractivity contribution in [3.8, 4) is 0 Å². The lowest BCUT2D eigenvalue weighted by Crippen LogP contribution is -2.43. The van der Waals surface area contributed by atoms with E-state index in [-0.39, 0.29) is 19.8 Å². The first kappa shape index (κ1) is 20.0. The lowest BCUT2D eigenvalue weighted by atomic mass is 10.3. The second kappa shape index (κ2) is 13.9. The number of hydrogen-bond donors (Lipinski definition) is 3. The normalized spacial score (nSPS) is 12.0. The van der Waals surface area contributed by atoms with E-state index in [9.17, 15) is 0 Å². The van der Waals surface area contributed by atoms with E-state index in [4.69, 9.17) is 28.6 Å². The Labute approximate surface area is 123 Å². The van der Waals surface area contributed by atoms with Gasteiger partial charge in [0.1, 0.15) is 0 Å².